The van der Waals surface area contributed by atoms with E-state index >= 15 is 0 Å². The first kappa shape index (κ1) is 22.3. The van der Waals surface area contributed by atoms with Crippen molar-refractivity contribution in [1.29, 1.82) is 0 Å². The van der Waals surface area contributed by atoms with E-state index in [-0.39, 0.29) is 30.4 Å². The van der Waals surface area contributed by atoms with Gasteiger partial charge in [-0.25, -0.2) is 0 Å². The zero-order valence-electron chi connectivity index (χ0n) is 17.8. The molecular weight excluding hydrogens is 396 g/mol. The van der Waals surface area contributed by atoms with Crippen LogP contribution in [-0.4, -0.2) is 62.5 Å². The molecule has 3 rings (SSSR count). The van der Waals surface area contributed by atoms with E-state index in [0.29, 0.717) is 23.4 Å². The first-order chi connectivity index (χ1) is 14.9. The molecule has 164 valence electrons. The number of anilines is 2. The zero-order valence-corrected chi connectivity index (χ0v) is 17.8. The smallest absolute Gasteiger partial charge is 0.253 e. The van der Waals surface area contributed by atoms with Gasteiger partial charge in [-0.15, -0.1) is 0 Å². The third-order valence-electron chi connectivity index (χ3n) is 4.94. The highest BCUT2D eigenvalue weighted by Gasteiger charge is 2.16. The van der Waals surface area contributed by atoms with E-state index in [1.807, 2.05) is 0 Å². The maximum atomic E-state index is 12.2. The van der Waals surface area contributed by atoms with Crippen LogP contribution in [0.3, 0.4) is 0 Å². The predicted octanol–water partition coefficient (Wildman–Crippen LogP) is 2.35. The van der Waals surface area contributed by atoms with Crippen LogP contribution < -0.4 is 16.0 Å². The van der Waals surface area contributed by atoms with Crippen LogP contribution in [-0.2, 0) is 9.53 Å². The van der Waals surface area contributed by atoms with E-state index in [1.165, 1.54) is 4.90 Å². The summed E-state index contributed by atoms with van der Waals surface area (Å²) in [6.45, 7) is 1.34. The Morgan fingerprint density at radius 1 is 0.968 bits per heavy atom. The zero-order chi connectivity index (χ0) is 22.2. The molecule has 0 radical (unpaired) electrons. The topological polar surface area (TPSA) is 99.8 Å². The third-order valence-corrected chi connectivity index (χ3v) is 4.94. The van der Waals surface area contributed by atoms with E-state index in [2.05, 4.69) is 16.0 Å². The molecule has 0 spiro atoms. The number of nitrogens with one attached hydrogen (secondary N) is 3. The quantitative estimate of drug-likeness (QED) is 0.604. The number of amides is 3. The van der Waals surface area contributed by atoms with Gasteiger partial charge in [0.15, 0.2) is 0 Å². The van der Waals surface area contributed by atoms with Gasteiger partial charge in [-0.3, -0.25) is 14.4 Å². The Bertz CT molecular complexity index is 904. The second kappa shape index (κ2) is 10.6. The standard InChI is InChI=1S/C23H28N4O4/c1-27(2)23(30)17-7-9-18(10-8-17)24-15-21(28)26-19-11-5-16(6-12-19)22(29)25-14-20-4-3-13-31-20/h5-12,20,24H,3-4,13-15H2,1-2H3,(H,25,29)(H,26,28). The highest BCUT2D eigenvalue weighted by atomic mass is 16.5. The van der Waals surface area contributed by atoms with Crippen LogP contribution in [0.15, 0.2) is 48.5 Å². The molecule has 1 fully saturated rings. The molecule has 1 heterocycles. The summed E-state index contributed by atoms with van der Waals surface area (Å²) in [6.07, 6.45) is 2.10. The molecule has 31 heavy (non-hydrogen) atoms. The van der Waals surface area contributed by atoms with Gasteiger partial charge in [0.1, 0.15) is 0 Å². The van der Waals surface area contributed by atoms with E-state index in [9.17, 15) is 14.4 Å². The van der Waals surface area contributed by atoms with Gasteiger partial charge in [-0.1, -0.05) is 0 Å². The Hall–Kier alpha value is -3.39. The molecule has 3 amide bonds. The lowest BCUT2D eigenvalue weighted by atomic mass is 10.2. The molecule has 8 nitrogen and oxygen atoms in total. The number of carbonyl (C=O) groups excluding carboxylic acids is 3. The van der Waals surface area contributed by atoms with Gasteiger partial charge in [0.05, 0.1) is 12.6 Å². The number of hydrogen-bond acceptors (Lipinski definition) is 5. The lowest BCUT2D eigenvalue weighted by Crippen LogP contribution is -2.31. The van der Waals surface area contributed by atoms with Crippen molar-refractivity contribution in [2.75, 3.05) is 44.4 Å². The van der Waals surface area contributed by atoms with Crippen molar-refractivity contribution in [3.05, 3.63) is 59.7 Å². The fraction of sp³-hybridized carbons (Fsp3) is 0.348. The SMILES string of the molecule is CN(C)C(=O)c1ccc(NCC(=O)Nc2ccc(C(=O)NCC3CCCO3)cc2)cc1. The normalized spacial score (nSPS) is 15.2. The van der Waals surface area contributed by atoms with Crippen LogP contribution in [0.5, 0.6) is 0 Å². The Kier molecular flexibility index (Phi) is 7.61. The molecule has 1 saturated heterocycles. The summed E-state index contributed by atoms with van der Waals surface area (Å²) in [7, 11) is 3.40. The maximum absolute atomic E-state index is 12.2. The van der Waals surface area contributed by atoms with Crippen LogP contribution in [0.4, 0.5) is 11.4 Å². The Balaban J connectivity index is 1.43. The van der Waals surface area contributed by atoms with Crippen molar-refractivity contribution < 1.29 is 19.1 Å². The van der Waals surface area contributed by atoms with E-state index in [0.717, 1.165) is 25.1 Å². The van der Waals surface area contributed by atoms with Crippen molar-refractivity contribution in [2.45, 2.75) is 18.9 Å². The Morgan fingerprint density at radius 2 is 1.61 bits per heavy atom. The van der Waals surface area contributed by atoms with Gasteiger partial charge in [0, 0.05) is 49.7 Å². The molecule has 1 aliphatic rings. The summed E-state index contributed by atoms with van der Waals surface area (Å²) in [5.74, 6) is -0.455. The fourth-order valence-electron chi connectivity index (χ4n) is 3.20. The lowest BCUT2D eigenvalue weighted by molar-refractivity contribution is -0.114. The molecular formula is C23H28N4O4. The summed E-state index contributed by atoms with van der Waals surface area (Å²) in [5.41, 5.74) is 2.46. The number of hydrogen-bond donors (Lipinski definition) is 3. The summed E-state index contributed by atoms with van der Waals surface area (Å²) in [6, 6.07) is 13.7. The molecule has 0 bridgehead atoms. The average Bonchev–Trinajstić information content (AvgIpc) is 3.30. The lowest BCUT2D eigenvalue weighted by Gasteiger charge is -2.12. The van der Waals surface area contributed by atoms with Crippen LogP contribution in [0.2, 0.25) is 0 Å². The molecule has 2 aromatic rings. The first-order valence-electron chi connectivity index (χ1n) is 10.3. The van der Waals surface area contributed by atoms with Gasteiger partial charge in [0.25, 0.3) is 11.8 Å². The molecule has 0 saturated carbocycles. The number of carbonyl (C=O) groups is 3. The Labute approximate surface area is 182 Å². The summed E-state index contributed by atoms with van der Waals surface area (Å²) >= 11 is 0. The number of rotatable bonds is 8. The third kappa shape index (κ3) is 6.55. The highest BCUT2D eigenvalue weighted by Crippen LogP contribution is 2.13. The van der Waals surface area contributed by atoms with Gasteiger partial charge >= 0.3 is 0 Å². The minimum absolute atomic E-state index is 0.0740. The monoisotopic (exact) mass is 424 g/mol. The van der Waals surface area contributed by atoms with Gasteiger partial charge < -0.3 is 25.6 Å². The fourth-order valence-corrected chi connectivity index (χ4v) is 3.20. The minimum Gasteiger partial charge on any atom is -0.376 e. The van der Waals surface area contributed by atoms with Crippen molar-refractivity contribution in [2.24, 2.45) is 0 Å². The van der Waals surface area contributed by atoms with Crippen LogP contribution in [0.1, 0.15) is 33.6 Å². The van der Waals surface area contributed by atoms with Crippen molar-refractivity contribution in [1.82, 2.24) is 10.2 Å². The molecule has 2 aromatic carbocycles. The minimum atomic E-state index is -0.218. The van der Waals surface area contributed by atoms with Gasteiger partial charge in [-0.2, -0.15) is 0 Å². The van der Waals surface area contributed by atoms with Crippen LogP contribution in [0, 0.1) is 0 Å². The van der Waals surface area contributed by atoms with Gasteiger partial charge in [0.2, 0.25) is 5.91 Å². The number of nitrogens with zero attached hydrogens (tertiary/aromatic N) is 1. The largest absolute Gasteiger partial charge is 0.376 e. The summed E-state index contributed by atoms with van der Waals surface area (Å²) in [5, 5.41) is 8.68. The number of ether oxygens (including phenoxy) is 1. The van der Waals surface area contributed by atoms with E-state index in [1.54, 1.807) is 62.6 Å². The molecule has 0 aliphatic carbocycles. The first-order valence-corrected chi connectivity index (χ1v) is 10.3. The molecule has 8 heteroatoms. The molecule has 0 aromatic heterocycles. The Morgan fingerprint density at radius 3 is 2.23 bits per heavy atom. The van der Waals surface area contributed by atoms with Gasteiger partial charge in [-0.05, 0) is 61.4 Å². The average molecular weight is 425 g/mol. The maximum Gasteiger partial charge on any atom is 0.253 e. The summed E-state index contributed by atoms with van der Waals surface area (Å²) < 4.78 is 5.50. The molecule has 1 atom stereocenters. The van der Waals surface area contributed by atoms with Crippen molar-refractivity contribution in [3.8, 4) is 0 Å². The summed E-state index contributed by atoms with van der Waals surface area (Å²) in [4.78, 5) is 37.8. The molecule has 1 unspecified atom stereocenters. The van der Waals surface area contributed by atoms with Crippen molar-refractivity contribution in [3.63, 3.8) is 0 Å². The van der Waals surface area contributed by atoms with Crippen LogP contribution >= 0.6 is 0 Å². The van der Waals surface area contributed by atoms with E-state index < -0.39 is 0 Å². The second-order valence-electron chi connectivity index (χ2n) is 7.60. The highest BCUT2D eigenvalue weighted by molar-refractivity contribution is 5.97. The second-order valence-corrected chi connectivity index (χ2v) is 7.60. The molecule has 1 aliphatic heterocycles. The molecule has 3 N–H and O–H groups in total. The number of benzene rings is 2. The van der Waals surface area contributed by atoms with Crippen molar-refractivity contribution >= 4 is 29.1 Å². The van der Waals surface area contributed by atoms with E-state index in [4.69, 9.17) is 4.74 Å². The van der Waals surface area contributed by atoms with Crippen LogP contribution in [0.25, 0.3) is 0 Å². The predicted molar refractivity (Wildman–Crippen MR) is 119 cm³/mol.